The van der Waals surface area contributed by atoms with Crippen LogP contribution in [-0.2, 0) is 4.74 Å². The molecule has 2 N–H and O–H groups in total. The van der Waals surface area contributed by atoms with Crippen molar-refractivity contribution >= 4 is 6.09 Å². The third kappa shape index (κ3) is 5.01. The van der Waals surface area contributed by atoms with E-state index >= 15 is 0 Å². The monoisotopic (exact) mass is 268 g/mol. The summed E-state index contributed by atoms with van der Waals surface area (Å²) in [5.41, 5.74) is -0.406. The standard InChI is InChI=1S/C15H28N2O2/c1-15(2,3)19-14(18)16-10-11-8-13(9-11)17-12-6-4-5-7-12/h11-13,17H,4-10H2,1-3H3,(H,16,18). The molecular formula is C15H28N2O2. The topological polar surface area (TPSA) is 50.4 Å². The van der Waals surface area contributed by atoms with Gasteiger partial charge in [-0.3, -0.25) is 0 Å². The van der Waals surface area contributed by atoms with Crippen LogP contribution < -0.4 is 10.6 Å². The first-order valence-electron chi connectivity index (χ1n) is 7.65. The number of alkyl carbamates (subject to hydrolysis) is 1. The van der Waals surface area contributed by atoms with Crippen molar-refractivity contribution in [1.82, 2.24) is 10.6 Å². The Morgan fingerprint density at radius 1 is 1.16 bits per heavy atom. The van der Waals surface area contributed by atoms with Gasteiger partial charge in [0.05, 0.1) is 0 Å². The zero-order valence-corrected chi connectivity index (χ0v) is 12.5. The van der Waals surface area contributed by atoms with E-state index in [0.717, 1.165) is 12.6 Å². The summed E-state index contributed by atoms with van der Waals surface area (Å²) in [6.07, 6.45) is 7.54. The van der Waals surface area contributed by atoms with E-state index < -0.39 is 5.60 Å². The van der Waals surface area contributed by atoms with Gasteiger partial charge in [0.25, 0.3) is 0 Å². The molecule has 2 saturated carbocycles. The van der Waals surface area contributed by atoms with Crippen LogP contribution in [0.3, 0.4) is 0 Å². The average molecular weight is 268 g/mol. The van der Waals surface area contributed by atoms with Gasteiger partial charge in [-0.1, -0.05) is 12.8 Å². The van der Waals surface area contributed by atoms with Gasteiger partial charge in [-0.2, -0.15) is 0 Å². The zero-order chi connectivity index (χ0) is 13.9. The predicted molar refractivity (Wildman–Crippen MR) is 76.1 cm³/mol. The molecule has 4 nitrogen and oxygen atoms in total. The largest absolute Gasteiger partial charge is 0.444 e. The van der Waals surface area contributed by atoms with E-state index in [0.29, 0.717) is 12.0 Å². The van der Waals surface area contributed by atoms with Gasteiger partial charge in [0.1, 0.15) is 5.60 Å². The van der Waals surface area contributed by atoms with Crippen molar-refractivity contribution in [3.05, 3.63) is 0 Å². The normalized spacial score (nSPS) is 27.9. The molecule has 2 fully saturated rings. The van der Waals surface area contributed by atoms with Crippen molar-refractivity contribution < 1.29 is 9.53 Å². The number of hydrogen-bond donors (Lipinski definition) is 2. The average Bonchev–Trinajstić information content (AvgIpc) is 2.71. The van der Waals surface area contributed by atoms with E-state index in [1.807, 2.05) is 20.8 Å². The van der Waals surface area contributed by atoms with Crippen LogP contribution in [0, 0.1) is 5.92 Å². The fourth-order valence-electron chi connectivity index (χ4n) is 3.01. The summed E-state index contributed by atoms with van der Waals surface area (Å²) in [5.74, 6) is 0.617. The molecular weight excluding hydrogens is 240 g/mol. The fourth-order valence-corrected chi connectivity index (χ4v) is 3.01. The molecule has 0 bridgehead atoms. The van der Waals surface area contributed by atoms with E-state index in [4.69, 9.17) is 4.74 Å². The molecule has 0 aliphatic heterocycles. The van der Waals surface area contributed by atoms with E-state index in [1.165, 1.54) is 38.5 Å². The van der Waals surface area contributed by atoms with Crippen LogP contribution in [0.2, 0.25) is 0 Å². The van der Waals surface area contributed by atoms with Gasteiger partial charge in [-0.15, -0.1) is 0 Å². The van der Waals surface area contributed by atoms with Gasteiger partial charge in [-0.25, -0.2) is 4.79 Å². The van der Waals surface area contributed by atoms with Gasteiger partial charge in [-0.05, 0) is 52.4 Å². The summed E-state index contributed by atoms with van der Waals surface area (Å²) in [7, 11) is 0. The Morgan fingerprint density at radius 2 is 1.79 bits per heavy atom. The van der Waals surface area contributed by atoms with Crippen LogP contribution in [0.4, 0.5) is 4.79 Å². The van der Waals surface area contributed by atoms with Crippen molar-refractivity contribution in [3.8, 4) is 0 Å². The Bertz CT molecular complexity index is 300. The number of nitrogens with one attached hydrogen (secondary N) is 2. The van der Waals surface area contributed by atoms with Crippen molar-refractivity contribution in [1.29, 1.82) is 0 Å². The summed E-state index contributed by atoms with van der Waals surface area (Å²) >= 11 is 0. The highest BCUT2D eigenvalue weighted by Crippen LogP contribution is 2.29. The molecule has 0 unspecified atom stereocenters. The van der Waals surface area contributed by atoms with E-state index in [-0.39, 0.29) is 6.09 Å². The van der Waals surface area contributed by atoms with Crippen LogP contribution in [0.1, 0.15) is 59.3 Å². The van der Waals surface area contributed by atoms with Gasteiger partial charge >= 0.3 is 6.09 Å². The smallest absolute Gasteiger partial charge is 0.407 e. The van der Waals surface area contributed by atoms with Crippen molar-refractivity contribution in [2.45, 2.75) is 77.0 Å². The first-order chi connectivity index (χ1) is 8.92. The molecule has 0 saturated heterocycles. The molecule has 0 radical (unpaired) electrons. The Labute approximate surface area is 116 Å². The molecule has 0 spiro atoms. The third-order valence-corrected chi connectivity index (χ3v) is 4.00. The molecule has 0 aromatic carbocycles. The minimum absolute atomic E-state index is 0.292. The maximum absolute atomic E-state index is 11.5. The zero-order valence-electron chi connectivity index (χ0n) is 12.5. The van der Waals surface area contributed by atoms with Crippen molar-refractivity contribution in [2.24, 2.45) is 5.92 Å². The van der Waals surface area contributed by atoms with Crippen LogP contribution in [0.5, 0.6) is 0 Å². The Kier molecular flexibility index (Phi) is 4.71. The van der Waals surface area contributed by atoms with E-state index in [9.17, 15) is 4.79 Å². The van der Waals surface area contributed by atoms with Gasteiger partial charge in [0.15, 0.2) is 0 Å². The van der Waals surface area contributed by atoms with E-state index in [1.54, 1.807) is 0 Å². The maximum Gasteiger partial charge on any atom is 0.407 e. The quantitative estimate of drug-likeness (QED) is 0.824. The lowest BCUT2D eigenvalue weighted by molar-refractivity contribution is 0.0502. The molecule has 0 aromatic rings. The summed E-state index contributed by atoms with van der Waals surface area (Å²) in [6.45, 7) is 6.41. The van der Waals surface area contributed by atoms with Crippen LogP contribution in [-0.4, -0.2) is 30.3 Å². The molecule has 0 aromatic heterocycles. The predicted octanol–water partition coefficient (Wildman–Crippen LogP) is 2.82. The third-order valence-electron chi connectivity index (χ3n) is 4.00. The highest BCUT2D eigenvalue weighted by Gasteiger charge is 2.31. The molecule has 110 valence electrons. The molecule has 0 heterocycles. The molecule has 2 aliphatic rings. The SMILES string of the molecule is CC(C)(C)OC(=O)NCC1CC(NC2CCCC2)C1. The lowest BCUT2D eigenvalue weighted by Crippen LogP contribution is -2.48. The number of rotatable bonds is 4. The number of carbonyl (C=O) groups excluding carboxylic acids is 1. The Morgan fingerprint density at radius 3 is 2.37 bits per heavy atom. The molecule has 19 heavy (non-hydrogen) atoms. The molecule has 1 amide bonds. The number of carbonyl (C=O) groups is 1. The highest BCUT2D eigenvalue weighted by molar-refractivity contribution is 5.67. The van der Waals surface area contributed by atoms with Crippen molar-refractivity contribution in [2.75, 3.05) is 6.54 Å². The lowest BCUT2D eigenvalue weighted by atomic mass is 9.80. The molecule has 0 atom stereocenters. The number of ether oxygens (including phenoxy) is 1. The van der Waals surface area contributed by atoms with Gasteiger partial charge in [0, 0.05) is 18.6 Å². The minimum atomic E-state index is -0.406. The fraction of sp³-hybridized carbons (Fsp3) is 0.933. The number of amides is 1. The van der Waals surface area contributed by atoms with Gasteiger partial charge in [0.2, 0.25) is 0 Å². The molecule has 2 aliphatic carbocycles. The minimum Gasteiger partial charge on any atom is -0.444 e. The van der Waals surface area contributed by atoms with Crippen LogP contribution in [0.25, 0.3) is 0 Å². The summed E-state index contributed by atoms with van der Waals surface area (Å²) in [6, 6.07) is 1.43. The van der Waals surface area contributed by atoms with Crippen molar-refractivity contribution in [3.63, 3.8) is 0 Å². The second kappa shape index (κ2) is 6.12. The van der Waals surface area contributed by atoms with Crippen LogP contribution in [0.15, 0.2) is 0 Å². The number of hydrogen-bond acceptors (Lipinski definition) is 3. The lowest BCUT2D eigenvalue weighted by Gasteiger charge is -2.38. The highest BCUT2D eigenvalue weighted by atomic mass is 16.6. The van der Waals surface area contributed by atoms with Gasteiger partial charge < -0.3 is 15.4 Å². The maximum atomic E-state index is 11.5. The first-order valence-corrected chi connectivity index (χ1v) is 7.65. The summed E-state index contributed by atoms with van der Waals surface area (Å²) < 4.78 is 5.23. The summed E-state index contributed by atoms with van der Waals surface area (Å²) in [5, 5.41) is 6.59. The van der Waals surface area contributed by atoms with Crippen LogP contribution >= 0.6 is 0 Å². The Balaban J connectivity index is 1.54. The molecule has 4 heteroatoms. The first kappa shape index (κ1) is 14.6. The second-order valence-corrected chi connectivity index (χ2v) is 7.07. The second-order valence-electron chi connectivity index (χ2n) is 7.07. The Hall–Kier alpha value is -0.770. The molecule has 2 rings (SSSR count). The van der Waals surface area contributed by atoms with E-state index in [2.05, 4.69) is 10.6 Å². The summed E-state index contributed by atoms with van der Waals surface area (Å²) in [4.78, 5) is 11.5.